The van der Waals surface area contributed by atoms with Gasteiger partial charge in [-0.15, -0.1) is 22.7 Å². The summed E-state index contributed by atoms with van der Waals surface area (Å²) >= 11 is 3.40. The van der Waals surface area contributed by atoms with Crippen LogP contribution in [-0.4, -0.2) is 10.9 Å². The van der Waals surface area contributed by atoms with Crippen LogP contribution in [-0.2, 0) is 25.7 Å². The first-order valence-electron chi connectivity index (χ1n) is 8.10. The van der Waals surface area contributed by atoms with E-state index in [1.54, 1.807) is 22.7 Å². The molecule has 0 aliphatic heterocycles. The number of fused-ring (bicyclic) bond motifs is 2. The second-order valence-corrected chi connectivity index (χ2v) is 8.50. The van der Waals surface area contributed by atoms with Crippen LogP contribution in [0, 0.1) is 5.92 Å². The van der Waals surface area contributed by atoms with Crippen molar-refractivity contribution in [2.24, 2.45) is 5.92 Å². The molecule has 2 aliphatic carbocycles. The van der Waals surface area contributed by atoms with Crippen LogP contribution in [0.5, 0.6) is 0 Å². The molecule has 1 amide bonds. The first-order chi connectivity index (χ1) is 10.7. The zero-order valence-corrected chi connectivity index (χ0v) is 14.4. The van der Waals surface area contributed by atoms with Gasteiger partial charge in [-0.1, -0.05) is 6.92 Å². The number of aryl methyl sites for hydroxylation is 2. The van der Waals surface area contributed by atoms with E-state index in [0.717, 1.165) is 42.3 Å². The van der Waals surface area contributed by atoms with Crippen LogP contribution in [0.3, 0.4) is 0 Å². The second kappa shape index (κ2) is 5.78. The number of hydrogen-bond donors (Lipinski definition) is 1. The SMILES string of the molecule is CC1CCc2c(C(=O)Nc3nc4c(s3)CCCC4)csc2C1. The molecule has 0 saturated heterocycles. The third kappa shape index (κ3) is 2.61. The zero-order chi connectivity index (χ0) is 15.1. The third-order valence-corrected chi connectivity index (χ3v) is 6.84. The minimum Gasteiger partial charge on any atom is -0.298 e. The molecule has 5 heteroatoms. The molecule has 0 fully saturated rings. The number of carbonyl (C=O) groups is 1. The highest BCUT2D eigenvalue weighted by Crippen LogP contribution is 2.34. The molecule has 3 nitrogen and oxygen atoms in total. The van der Waals surface area contributed by atoms with Gasteiger partial charge < -0.3 is 0 Å². The van der Waals surface area contributed by atoms with Crippen LogP contribution >= 0.6 is 22.7 Å². The molecule has 2 aromatic rings. The van der Waals surface area contributed by atoms with Crippen LogP contribution in [0.1, 0.15) is 57.6 Å². The maximum absolute atomic E-state index is 12.6. The van der Waals surface area contributed by atoms with Gasteiger partial charge in [0.05, 0.1) is 11.3 Å². The third-order valence-electron chi connectivity index (χ3n) is 4.71. The summed E-state index contributed by atoms with van der Waals surface area (Å²) in [5.41, 5.74) is 3.36. The minimum atomic E-state index is 0.0261. The molecule has 0 radical (unpaired) electrons. The average Bonchev–Trinajstić information content (AvgIpc) is 3.09. The number of nitrogens with one attached hydrogen (secondary N) is 1. The van der Waals surface area contributed by atoms with Crippen molar-refractivity contribution in [1.29, 1.82) is 0 Å². The summed E-state index contributed by atoms with van der Waals surface area (Å²) in [5, 5.41) is 5.85. The van der Waals surface area contributed by atoms with E-state index < -0.39 is 0 Å². The van der Waals surface area contributed by atoms with E-state index in [1.807, 2.05) is 5.38 Å². The Morgan fingerprint density at radius 3 is 3.00 bits per heavy atom. The van der Waals surface area contributed by atoms with Gasteiger partial charge >= 0.3 is 0 Å². The number of aromatic nitrogens is 1. The Bertz CT molecular complexity index is 693. The van der Waals surface area contributed by atoms with Gasteiger partial charge in [0.1, 0.15) is 0 Å². The molecular weight excluding hydrogens is 312 g/mol. The molecular formula is C17H20N2OS2. The van der Waals surface area contributed by atoms with Gasteiger partial charge in [-0.3, -0.25) is 10.1 Å². The highest BCUT2D eigenvalue weighted by molar-refractivity contribution is 7.16. The molecule has 0 bridgehead atoms. The molecule has 1 atom stereocenters. The van der Waals surface area contributed by atoms with E-state index in [1.165, 1.54) is 40.3 Å². The zero-order valence-electron chi connectivity index (χ0n) is 12.8. The number of carbonyl (C=O) groups excluding carboxylic acids is 1. The lowest BCUT2D eigenvalue weighted by Crippen LogP contribution is -2.16. The van der Waals surface area contributed by atoms with Crippen molar-refractivity contribution in [3.63, 3.8) is 0 Å². The molecule has 0 saturated carbocycles. The highest BCUT2D eigenvalue weighted by atomic mass is 32.1. The average molecular weight is 332 g/mol. The number of thiazole rings is 1. The lowest BCUT2D eigenvalue weighted by Gasteiger charge is -2.18. The number of anilines is 1. The van der Waals surface area contributed by atoms with Gasteiger partial charge in [0, 0.05) is 15.1 Å². The molecule has 22 heavy (non-hydrogen) atoms. The smallest absolute Gasteiger partial charge is 0.258 e. The number of amides is 1. The summed E-state index contributed by atoms with van der Waals surface area (Å²) < 4.78 is 0. The summed E-state index contributed by atoms with van der Waals surface area (Å²) in [7, 11) is 0. The number of nitrogens with zero attached hydrogens (tertiary/aromatic N) is 1. The summed E-state index contributed by atoms with van der Waals surface area (Å²) in [6.45, 7) is 2.29. The van der Waals surface area contributed by atoms with Crippen molar-refractivity contribution in [2.45, 2.75) is 51.9 Å². The topological polar surface area (TPSA) is 42.0 Å². The molecule has 2 aliphatic rings. The van der Waals surface area contributed by atoms with Gasteiger partial charge in [0.2, 0.25) is 0 Å². The first-order valence-corrected chi connectivity index (χ1v) is 9.79. The standard InChI is InChI=1S/C17H20N2OS2/c1-10-6-7-11-12(9-21-15(11)8-10)16(20)19-17-18-13-4-2-3-5-14(13)22-17/h9-10H,2-8H2,1H3,(H,18,19,20). The van der Waals surface area contributed by atoms with Crippen LogP contribution in [0.2, 0.25) is 0 Å². The van der Waals surface area contributed by atoms with Crippen molar-refractivity contribution in [2.75, 3.05) is 5.32 Å². The summed E-state index contributed by atoms with van der Waals surface area (Å²) in [5.74, 6) is 0.769. The maximum atomic E-state index is 12.6. The number of thiophene rings is 1. The highest BCUT2D eigenvalue weighted by Gasteiger charge is 2.24. The van der Waals surface area contributed by atoms with E-state index in [4.69, 9.17) is 0 Å². The van der Waals surface area contributed by atoms with Crippen molar-refractivity contribution in [1.82, 2.24) is 4.98 Å². The lowest BCUT2D eigenvalue weighted by molar-refractivity contribution is 0.102. The fourth-order valence-electron chi connectivity index (χ4n) is 3.44. The Balaban J connectivity index is 1.54. The van der Waals surface area contributed by atoms with Gasteiger partial charge in [0.25, 0.3) is 5.91 Å². The molecule has 2 heterocycles. The Kier molecular flexibility index (Phi) is 3.78. The number of hydrogen-bond acceptors (Lipinski definition) is 4. The van der Waals surface area contributed by atoms with Gasteiger partial charge in [-0.2, -0.15) is 0 Å². The predicted octanol–water partition coefficient (Wildman–Crippen LogP) is 4.46. The van der Waals surface area contributed by atoms with Crippen molar-refractivity contribution in [3.8, 4) is 0 Å². The van der Waals surface area contributed by atoms with E-state index in [2.05, 4.69) is 17.2 Å². The fraction of sp³-hybridized carbons (Fsp3) is 0.529. The van der Waals surface area contributed by atoms with Crippen LogP contribution < -0.4 is 5.32 Å². The molecule has 2 aromatic heterocycles. The van der Waals surface area contributed by atoms with E-state index in [9.17, 15) is 4.79 Å². The molecule has 4 rings (SSSR count). The maximum Gasteiger partial charge on any atom is 0.258 e. The molecule has 0 aromatic carbocycles. The monoisotopic (exact) mass is 332 g/mol. The minimum absolute atomic E-state index is 0.0261. The van der Waals surface area contributed by atoms with Crippen molar-refractivity contribution in [3.05, 3.63) is 32.0 Å². The Morgan fingerprint density at radius 2 is 2.14 bits per heavy atom. The van der Waals surface area contributed by atoms with Crippen molar-refractivity contribution >= 4 is 33.7 Å². The number of rotatable bonds is 2. The summed E-state index contributed by atoms with van der Waals surface area (Å²) in [6, 6.07) is 0. The summed E-state index contributed by atoms with van der Waals surface area (Å²) in [4.78, 5) is 20.0. The molecule has 1 unspecified atom stereocenters. The van der Waals surface area contributed by atoms with E-state index >= 15 is 0 Å². The van der Waals surface area contributed by atoms with Gasteiger partial charge in [-0.25, -0.2) is 4.98 Å². The van der Waals surface area contributed by atoms with Gasteiger partial charge in [-0.05, 0) is 56.4 Å². The van der Waals surface area contributed by atoms with Crippen LogP contribution in [0.4, 0.5) is 5.13 Å². The van der Waals surface area contributed by atoms with Crippen molar-refractivity contribution < 1.29 is 4.79 Å². The quantitative estimate of drug-likeness (QED) is 0.882. The largest absolute Gasteiger partial charge is 0.298 e. The normalized spacial score (nSPS) is 20.3. The van der Waals surface area contributed by atoms with Crippen LogP contribution in [0.25, 0.3) is 0 Å². The second-order valence-electron chi connectivity index (χ2n) is 6.45. The molecule has 1 N–H and O–H groups in total. The van der Waals surface area contributed by atoms with Crippen LogP contribution in [0.15, 0.2) is 5.38 Å². The molecule has 0 spiro atoms. The fourth-order valence-corrected chi connectivity index (χ4v) is 5.73. The van der Waals surface area contributed by atoms with Gasteiger partial charge in [0.15, 0.2) is 5.13 Å². The first kappa shape index (κ1) is 14.4. The molecule has 116 valence electrons. The Morgan fingerprint density at radius 1 is 1.27 bits per heavy atom. The van der Waals surface area contributed by atoms with E-state index in [0.29, 0.717) is 0 Å². The lowest BCUT2D eigenvalue weighted by atomic mass is 9.88. The summed E-state index contributed by atoms with van der Waals surface area (Å²) in [6.07, 6.45) is 8.01. The Hall–Kier alpha value is -1.20. The predicted molar refractivity (Wildman–Crippen MR) is 92.2 cm³/mol. The van der Waals surface area contributed by atoms with E-state index in [-0.39, 0.29) is 5.91 Å². The Labute approximate surface area is 138 Å².